The zero-order chi connectivity index (χ0) is 12.8. The molecule has 0 aliphatic heterocycles. The molecule has 0 spiro atoms. The molecule has 0 fully saturated rings. The lowest BCUT2D eigenvalue weighted by Gasteiger charge is -2.16. The quantitative estimate of drug-likeness (QED) is 0.846. The molecule has 0 radical (unpaired) electrons. The summed E-state index contributed by atoms with van der Waals surface area (Å²) in [4.78, 5) is 10.1. The highest BCUT2D eigenvalue weighted by Crippen LogP contribution is 2.46. The molecule has 2 aromatic rings. The molecular weight excluding hydrogens is 263 g/mol. The zero-order valence-corrected chi connectivity index (χ0v) is 11.6. The second-order valence-electron chi connectivity index (χ2n) is 4.04. The van der Waals surface area contributed by atoms with E-state index in [9.17, 15) is 4.89 Å². The molecule has 1 unspecified atom stereocenters. The van der Waals surface area contributed by atoms with E-state index in [4.69, 9.17) is 16.3 Å². The summed E-state index contributed by atoms with van der Waals surface area (Å²) in [5, 5.41) is 0. The van der Waals surface area contributed by atoms with Crippen molar-refractivity contribution in [2.45, 2.75) is 12.8 Å². The third-order valence-corrected chi connectivity index (χ3v) is 4.50. The first kappa shape index (κ1) is 13.4. The summed E-state index contributed by atoms with van der Waals surface area (Å²) >= 11 is 5.17. The number of hydrogen-bond acceptors (Lipinski definition) is 2. The highest BCUT2D eigenvalue weighted by Gasteiger charge is 2.14. The van der Waals surface area contributed by atoms with Gasteiger partial charge in [0.15, 0.2) is 6.49 Å². The van der Waals surface area contributed by atoms with E-state index in [1.54, 1.807) is 0 Å². The molecule has 0 aliphatic carbocycles. The van der Waals surface area contributed by atoms with E-state index >= 15 is 0 Å². The second kappa shape index (κ2) is 6.26. The smallest absolute Gasteiger partial charge is 0.190 e. The highest BCUT2D eigenvalue weighted by atomic mass is 32.5. The Morgan fingerprint density at radius 2 is 1.39 bits per heavy atom. The summed E-state index contributed by atoms with van der Waals surface area (Å²) in [6.07, 6.45) is 0.413. The van der Waals surface area contributed by atoms with Crippen LogP contribution in [0.5, 0.6) is 0 Å². The number of hydrogen-bond donors (Lipinski definition) is 1. The predicted octanol–water partition coefficient (Wildman–Crippen LogP) is 3.71. The van der Waals surface area contributed by atoms with Crippen LogP contribution in [0, 0.1) is 0 Å². The lowest BCUT2D eigenvalue weighted by atomic mass is 10.2. The molecule has 18 heavy (non-hydrogen) atoms. The van der Waals surface area contributed by atoms with Gasteiger partial charge in [0.2, 0.25) is 0 Å². The summed E-state index contributed by atoms with van der Waals surface area (Å²) in [6, 6.07) is 19.4. The molecule has 0 heterocycles. The lowest BCUT2D eigenvalue weighted by Crippen LogP contribution is -1.94. The minimum Gasteiger partial charge on any atom is -0.345 e. The Balaban J connectivity index is 1.94. The lowest BCUT2D eigenvalue weighted by molar-refractivity contribution is 0.296. The van der Waals surface area contributed by atoms with Gasteiger partial charge < -0.3 is 9.42 Å². The topological polar surface area (TPSA) is 29.5 Å². The van der Waals surface area contributed by atoms with Gasteiger partial charge in [0.25, 0.3) is 0 Å². The van der Waals surface area contributed by atoms with Crippen LogP contribution in [0.1, 0.15) is 11.1 Å². The van der Waals surface area contributed by atoms with Crippen LogP contribution in [0.15, 0.2) is 60.7 Å². The average molecular weight is 278 g/mol. The zero-order valence-electron chi connectivity index (χ0n) is 9.90. The van der Waals surface area contributed by atoms with Crippen LogP contribution in [-0.4, -0.2) is 4.89 Å². The maximum Gasteiger partial charge on any atom is 0.190 e. The van der Waals surface area contributed by atoms with Gasteiger partial charge in [-0.05, 0) is 22.9 Å². The van der Waals surface area contributed by atoms with E-state index in [0.29, 0.717) is 12.8 Å². The molecule has 2 aromatic carbocycles. The van der Waals surface area contributed by atoms with Gasteiger partial charge in [-0.15, -0.1) is 0 Å². The molecule has 0 saturated heterocycles. The Labute approximate surface area is 112 Å². The van der Waals surface area contributed by atoms with Gasteiger partial charge >= 0.3 is 0 Å². The molecule has 0 aromatic heterocycles. The molecule has 4 heteroatoms. The van der Waals surface area contributed by atoms with E-state index in [1.807, 2.05) is 60.7 Å². The fraction of sp³-hybridized carbons (Fsp3) is 0.143. The molecule has 94 valence electrons. The molecule has 2 rings (SSSR count). The van der Waals surface area contributed by atoms with Crippen molar-refractivity contribution in [1.82, 2.24) is 0 Å². The third kappa shape index (κ3) is 4.35. The molecule has 1 atom stereocenters. The van der Waals surface area contributed by atoms with Crippen LogP contribution in [-0.2, 0) is 29.1 Å². The summed E-state index contributed by atoms with van der Waals surface area (Å²) in [5.74, 6) is 0. The van der Waals surface area contributed by atoms with Gasteiger partial charge in [0.05, 0.1) is 6.61 Å². The van der Waals surface area contributed by atoms with Crippen molar-refractivity contribution >= 4 is 18.3 Å². The third-order valence-electron chi connectivity index (χ3n) is 2.50. The minimum absolute atomic E-state index is 0.363. The maximum absolute atomic E-state index is 10.1. The first-order valence-corrected chi connectivity index (χ1v) is 8.56. The fourth-order valence-electron chi connectivity index (χ4n) is 1.61. The van der Waals surface area contributed by atoms with Crippen LogP contribution < -0.4 is 0 Å². The van der Waals surface area contributed by atoms with E-state index in [-0.39, 0.29) is 0 Å². The maximum atomic E-state index is 10.1. The minimum atomic E-state index is -2.75. The molecule has 0 aliphatic rings. The number of benzene rings is 2. The molecule has 1 N–H and O–H groups in total. The van der Waals surface area contributed by atoms with E-state index in [1.165, 1.54) is 0 Å². The van der Waals surface area contributed by atoms with Crippen LogP contribution in [0.25, 0.3) is 0 Å². The largest absolute Gasteiger partial charge is 0.345 e. The Bertz CT molecular complexity index is 528. The molecule has 2 nitrogen and oxygen atoms in total. The Kier molecular flexibility index (Phi) is 4.67. The van der Waals surface area contributed by atoms with Crippen LogP contribution >= 0.6 is 6.49 Å². The first-order valence-electron chi connectivity index (χ1n) is 5.70. The van der Waals surface area contributed by atoms with Crippen LogP contribution in [0.2, 0.25) is 0 Å². The SMILES string of the molecule is OP(=S)(Cc1ccccc1)OCc1ccccc1. The Morgan fingerprint density at radius 3 is 1.94 bits per heavy atom. The summed E-state index contributed by atoms with van der Waals surface area (Å²) < 4.78 is 5.50. The summed E-state index contributed by atoms with van der Waals surface area (Å²) in [6.45, 7) is -2.38. The van der Waals surface area contributed by atoms with Crippen molar-refractivity contribution in [1.29, 1.82) is 0 Å². The van der Waals surface area contributed by atoms with Crippen molar-refractivity contribution in [3.8, 4) is 0 Å². The summed E-state index contributed by atoms with van der Waals surface area (Å²) in [7, 11) is 0. The Hall–Kier alpha value is -0.990. The van der Waals surface area contributed by atoms with Crippen molar-refractivity contribution < 1.29 is 9.42 Å². The monoisotopic (exact) mass is 278 g/mol. The van der Waals surface area contributed by atoms with E-state index in [2.05, 4.69) is 0 Å². The van der Waals surface area contributed by atoms with Gasteiger partial charge in [0.1, 0.15) is 0 Å². The molecule has 0 amide bonds. The van der Waals surface area contributed by atoms with Gasteiger partial charge in [-0.2, -0.15) is 0 Å². The van der Waals surface area contributed by atoms with Crippen LogP contribution in [0.3, 0.4) is 0 Å². The standard InChI is InChI=1S/C14H15O2PS/c15-17(18,12-14-9-5-2-6-10-14)16-11-13-7-3-1-4-8-13/h1-10H,11-12H2,(H,15,18). The predicted molar refractivity (Wildman–Crippen MR) is 77.9 cm³/mol. The van der Waals surface area contributed by atoms with Crippen molar-refractivity contribution in [3.63, 3.8) is 0 Å². The van der Waals surface area contributed by atoms with Gasteiger partial charge in [0, 0.05) is 6.16 Å². The normalized spacial score (nSPS) is 14.1. The fourth-order valence-corrected chi connectivity index (χ4v) is 3.33. The Morgan fingerprint density at radius 1 is 0.889 bits per heavy atom. The van der Waals surface area contributed by atoms with Crippen molar-refractivity contribution in [3.05, 3.63) is 71.8 Å². The summed E-state index contributed by atoms with van der Waals surface area (Å²) in [5.41, 5.74) is 2.03. The first-order chi connectivity index (χ1) is 8.66. The molecule has 0 saturated carbocycles. The second-order valence-corrected chi connectivity index (χ2v) is 7.60. The molecular formula is C14H15O2PS. The molecule has 0 bridgehead atoms. The number of rotatable bonds is 5. The van der Waals surface area contributed by atoms with Gasteiger partial charge in [-0.3, -0.25) is 0 Å². The van der Waals surface area contributed by atoms with Crippen LogP contribution in [0.4, 0.5) is 0 Å². The highest BCUT2D eigenvalue weighted by molar-refractivity contribution is 8.09. The van der Waals surface area contributed by atoms with Crippen molar-refractivity contribution in [2.24, 2.45) is 0 Å². The van der Waals surface area contributed by atoms with E-state index < -0.39 is 6.49 Å². The van der Waals surface area contributed by atoms with Gasteiger partial charge in [-0.25, -0.2) is 0 Å². The van der Waals surface area contributed by atoms with Crippen molar-refractivity contribution in [2.75, 3.05) is 0 Å². The van der Waals surface area contributed by atoms with E-state index in [0.717, 1.165) is 11.1 Å². The average Bonchev–Trinajstić information content (AvgIpc) is 2.38. The van der Waals surface area contributed by atoms with Gasteiger partial charge in [-0.1, -0.05) is 60.7 Å².